The first kappa shape index (κ1) is 30.4. The van der Waals surface area contributed by atoms with Gasteiger partial charge in [-0.1, -0.05) is 66.9 Å². The summed E-state index contributed by atoms with van der Waals surface area (Å²) in [4.78, 5) is 28.3. The minimum atomic E-state index is -3.84. The molecule has 0 heterocycles. The first-order chi connectivity index (χ1) is 19.6. The molecule has 4 rings (SSSR count). The van der Waals surface area contributed by atoms with Crippen LogP contribution in [0.5, 0.6) is 5.75 Å². The average Bonchev–Trinajstić information content (AvgIpc) is 3.46. The van der Waals surface area contributed by atoms with E-state index in [-0.39, 0.29) is 18.5 Å². The molecule has 0 saturated heterocycles. The van der Waals surface area contributed by atoms with E-state index >= 15 is 0 Å². The summed E-state index contributed by atoms with van der Waals surface area (Å²) in [6, 6.07) is 22.5. The van der Waals surface area contributed by atoms with Crippen LogP contribution in [0.2, 0.25) is 5.02 Å². The smallest absolute Gasteiger partial charge is 0.244 e. The molecule has 0 radical (unpaired) electrons. The van der Waals surface area contributed by atoms with Crippen molar-refractivity contribution in [3.63, 3.8) is 0 Å². The van der Waals surface area contributed by atoms with Crippen LogP contribution in [0.25, 0.3) is 0 Å². The lowest BCUT2D eigenvalue weighted by molar-refractivity contribution is -0.139. The zero-order chi connectivity index (χ0) is 29.4. The standard InChI is InChI=1S/C31H36ClN3O5S/c1-23(31(37)33-27-13-6-7-14-27)34(20-25-11-8-12-26(32)19-25)30(36)21-35(41(2,38)39)28-15-17-29(18-16-28)40-22-24-9-4-3-5-10-24/h3-5,8-12,15-19,23,27H,6-7,13-14,20-22H2,1-2H3,(H,33,37)/t23-/m0/s1. The lowest BCUT2D eigenvalue weighted by atomic mass is 10.1. The highest BCUT2D eigenvalue weighted by Gasteiger charge is 2.31. The summed E-state index contributed by atoms with van der Waals surface area (Å²) in [5, 5.41) is 3.56. The van der Waals surface area contributed by atoms with Gasteiger partial charge < -0.3 is 15.0 Å². The van der Waals surface area contributed by atoms with E-state index < -0.39 is 28.5 Å². The van der Waals surface area contributed by atoms with E-state index in [1.807, 2.05) is 36.4 Å². The Morgan fingerprint density at radius 2 is 1.63 bits per heavy atom. The van der Waals surface area contributed by atoms with Crippen LogP contribution in [0.1, 0.15) is 43.7 Å². The fraction of sp³-hybridized carbons (Fsp3) is 0.355. The number of anilines is 1. The van der Waals surface area contributed by atoms with Crippen molar-refractivity contribution in [2.75, 3.05) is 17.1 Å². The third kappa shape index (κ3) is 8.71. The van der Waals surface area contributed by atoms with E-state index in [0.29, 0.717) is 23.1 Å². The predicted molar refractivity (Wildman–Crippen MR) is 161 cm³/mol. The summed E-state index contributed by atoms with van der Waals surface area (Å²) in [5.41, 5.74) is 2.06. The molecule has 3 aromatic carbocycles. The Kier molecular flexibility index (Phi) is 10.3. The Hall–Kier alpha value is -3.56. The van der Waals surface area contributed by atoms with Crippen LogP contribution in [0, 0.1) is 0 Å². The van der Waals surface area contributed by atoms with Crippen LogP contribution >= 0.6 is 11.6 Å². The average molecular weight is 598 g/mol. The maximum atomic E-state index is 13.8. The summed E-state index contributed by atoms with van der Waals surface area (Å²) in [6.45, 7) is 1.66. The molecule has 0 aromatic heterocycles. The topological polar surface area (TPSA) is 96.0 Å². The van der Waals surface area contributed by atoms with Gasteiger partial charge in [0.25, 0.3) is 0 Å². The molecule has 10 heteroatoms. The van der Waals surface area contributed by atoms with Crippen LogP contribution in [-0.2, 0) is 32.8 Å². The normalized spacial score (nSPS) is 14.3. The number of amides is 2. The van der Waals surface area contributed by atoms with Crippen LogP contribution in [0.15, 0.2) is 78.9 Å². The van der Waals surface area contributed by atoms with Gasteiger partial charge in [0.05, 0.1) is 11.9 Å². The van der Waals surface area contributed by atoms with Gasteiger partial charge in [0.2, 0.25) is 21.8 Å². The highest BCUT2D eigenvalue weighted by Crippen LogP contribution is 2.24. The van der Waals surface area contributed by atoms with Crippen LogP contribution in [0.4, 0.5) is 5.69 Å². The minimum Gasteiger partial charge on any atom is -0.489 e. The minimum absolute atomic E-state index is 0.0863. The van der Waals surface area contributed by atoms with Crippen LogP contribution in [0.3, 0.4) is 0 Å². The van der Waals surface area contributed by atoms with Gasteiger partial charge in [0, 0.05) is 17.6 Å². The van der Waals surface area contributed by atoms with Crippen molar-refractivity contribution in [1.82, 2.24) is 10.2 Å². The number of halogens is 1. The Labute approximate surface area is 247 Å². The fourth-order valence-corrected chi connectivity index (χ4v) is 5.93. The van der Waals surface area contributed by atoms with Crippen molar-refractivity contribution >= 4 is 39.1 Å². The molecular formula is C31H36ClN3O5S. The van der Waals surface area contributed by atoms with Crippen LogP contribution < -0.4 is 14.4 Å². The van der Waals surface area contributed by atoms with Crippen molar-refractivity contribution in [3.8, 4) is 5.75 Å². The van der Waals surface area contributed by atoms with Crippen molar-refractivity contribution in [2.24, 2.45) is 0 Å². The van der Waals surface area contributed by atoms with Crippen molar-refractivity contribution in [2.45, 2.75) is 57.8 Å². The van der Waals surface area contributed by atoms with E-state index in [9.17, 15) is 18.0 Å². The summed E-state index contributed by atoms with van der Waals surface area (Å²) >= 11 is 6.18. The molecule has 1 N–H and O–H groups in total. The first-order valence-electron chi connectivity index (χ1n) is 13.7. The SMILES string of the molecule is C[C@@H](C(=O)NC1CCCC1)N(Cc1cccc(Cl)c1)C(=O)CN(c1ccc(OCc2ccccc2)cc1)S(C)(=O)=O. The number of rotatable bonds is 12. The fourth-order valence-electron chi connectivity index (χ4n) is 4.87. The van der Waals surface area contributed by atoms with E-state index in [1.54, 1.807) is 49.4 Å². The quantitative estimate of drug-likeness (QED) is 0.311. The number of hydrogen-bond donors (Lipinski definition) is 1. The van der Waals surface area contributed by atoms with Crippen molar-refractivity contribution < 1.29 is 22.7 Å². The molecule has 218 valence electrons. The second-order valence-electron chi connectivity index (χ2n) is 10.4. The molecular weight excluding hydrogens is 562 g/mol. The molecule has 1 atom stereocenters. The number of ether oxygens (including phenoxy) is 1. The monoisotopic (exact) mass is 597 g/mol. The van der Waals surface area contributed by atoms with Crippen LogP contribution in [-0.4, -0.2) is 50.0 Å². The lowest BCUT2D eigenvalue weighted by Crippen LogP contribution is -2.52. The molecule has 1 fully saturated rings. The van der Waals surface area contributed by atoms with Gasteiger partial charge in [-0.3, -0.25) is 13.9 Å². The molecule has 0 aliphatic heterocycles. The van der Waals surface area contributed by atoms with Gasteiger partial charge in [0.1, 0.15) is 24.9 Å². The van der Waals surface area contributed by atoms with Crippen molar-refractivity contribution in [1.29, 1.82) is 0 Å². The summed E-state index contributed by atoms with van der Waals surface area (Å²) in [7, 11) is -3.84. The van der Waals surface area contributed by atoms with E-state index in [2.05, 4.69) is 5.32 Å². The van der Waals surface area contributed by atoms with Gasteiger partial charge in [-0.05, 0) is 67.3 Å². The molecule has 0 unspecified atom stereocenters. The molecule has 0 spiro atoms. The van der Waals surface area contributed by atoms with E-state index in [0.717, 1.165) is 47.4 Å². The Balaban J connectivity index is 1.52. The highest BCUT2D eigenvalue weighted by atomic mass is 35.5. The Morgan fingerprint density at radius 1 is 0.976 bits per heavy atom. The highest BCUT2D eigenvalue weighted by molar-refractivity contribution is 7.92. The maximum Gasteiger partial charge on any atom is 0.244 e. The zero-order valence-corrected chi connectivity index (χ0v) is 24.9. The lowest BCUT2D eigenvalue weighted by Gasteiger charge is -2.32. The number of hydrogen-bond acceptors (Lipinski definition) is 5. The van der Waals surface area contributed by atoms with Gasteiger partial charge in [-0.2, -0.15) is 0 Å². The summed E-state index contributed by atoms with van der Waals surface area (Å²) < 4.78 is 32.6. The largest absolute Gasteiger partial charge is 0.489 e. The number of carbonyl (C=O) groups is 2. The number of nitrogens with zero attached hydrogens (tertiary/aromatic N) is 2. The third-order valence-electron chi connectivity index (χ3n) is 7.16. The number of nitrogens with one attached hydrogen (secondary N) is 1. The molecule has 8 nitrogen and oxygen atoms in total. The summed E-state index contributed by atoms with van der Waals surface area (Å²) in [6.07, 6.45) is 4.99. The molecule has 1 aliphatic rings. The molecule has 1 saturated carbocycles. The Bertz CT molecular complexity index is 1430. The number of sulfonamides is 1. The van der Waals surface area contributed by atoms with Gasteiger partial charge in [-0.25, -0.2) is 8.42 Å². The summed E-state index contributed by atoms with van der Waals surface area (Å²) in [5.74, 6) is -0.204. The second kappa shape index (κ2) is 13.9. The molecule has 1 aliphatic carbocycles. The number of carbonyl (C=O) groups excluding carboxylic acids is 2. The predicted octanol–water partition coefficient (Wildman–Crippen LogP) is 5.16. The maximum absolute atomic E-state index is 13.8. The van der Waals surface area contributed by atoms with Gasteiger partial charge >= 0.3 is 0 Å². The molecule has 41 heavy (non-hydrogen) atoms. The second-order valence-corrected chi connectivity index (χ2v) is 12.7. The zero-order valence-electron chi connectivity index (χ0n) is 23.3. The van der Waals surface area contributed by atoms with Gasteiger partial charge in [-0.15, -0.1) is 0 Å². The molecule has 2 amide bonds. The van der Waals surface area contributed by atoms with Crippen molar-refractivity contribution in [3.05, 3.63) is 95.0 Å². The van der Waals surface area contributed by atoms with E-state index in [1.165, 1.54) is 4.90 Å². The first-order valence-corrected chi connectivity index (χ1v) is 15.9. The molecule has 0 bridgehead atoms. The van der Waals surface area contributed by atoms with E-state index in [4.69, 9.17) is 16.3 Å². The van der Waals surface area contributed by atoms with Gasteiger partial charge in [0.15, 0.2) is 0 Å². The molecule has 3 aromatic rings. The Morgan fingerprint density at radius 3 is 2.27 bits per heavy atom. The third-order valence-corrected chi connectivity index (χ3v) is 8.54. The number of benzene rings is 3.